The summed E-state index contributed by atoms with van der Waals surface area (Å²) < 4.78 is 28.9. The van der Waals surface area contributed by atoms with Gasteiger partial charge in [-0.1, -0.05) is 30.3 Å². The summed E-state index contributed by atoms with van der Waals surface area (Å²) in [5.41, 5.74) is 1.55. The molecule has 8 heteroatoms. The summed E-state index contributed by atoms with van der Waals surface area (Å²) in [5, 5.41) is 8.40. The lowest BCUT2D eigenvalue weighted by Gasteiger charge is -2.17. The maximum absolute atomic E-state index is 12.1. The van der Waals surface area contributed by atoms with Crippen molar-refractivity contribution in [3.63, 3.8) is 0 Å². The van der Waals surface area contributed by atoms with Crippen molar-refractivity contribution in [2.45, 2.75) is 4.90 Å². The Morgan fingerprint density at radius 2 is 1.92 bits per heavy atom. The van der Waals surface area contributed by atoms with E-state index in [9.17, 15) is 13.2 Å². The van der Waals surface area contributed by atoms with Crippen molar-refractivity contribution in [3.05, 3.63) is 48.0 Å². The Hall–Kier alpha value is -2.09. The molecule has 3 N–H and O–H groups in total. The summed E-state index contributed by atoms with van der Waals surface area (Å²) in [6.45, 7) is 0.385. The third-order valence-electron chi connectivity index (χ3n) is 3.30. The van der Waals surface area contributed by atoms with Gasteiger partial charge in [0.1, 0.15) is 0 Å². The van der Waals surface area contributed by atoms with Gasteiger partial charge in [-0.15, -0.1) is 11.6 Å². The highest BCUT2D eigenvalue weighted by atomic mass is 35.5. The number of sulfonamides is 1. The number of nitrogens with one attached hydrogen (secondary N) is 1. The number of halogens is 1. The molecule has 0 fully saturated rings. The molecule has 0 aromatic heterocycles. The van der Waals surface area contributed by atoms with E-state index in [0.717, 1.165) is 0 Å². The zero-order valence-corrected chi connectivity index (χ0v) is 14.5. The van der Waals surface area contributed by atoms with Crippen LogP contribution in [0.2, 0.25) is 0 Å². The molecule has 128 valence electrons. The van der Waals surface area contributed by atoms with Crippen molar-refractivity contribution in [2.24, 2.45) is 5.14 Å². The first-order valence-electron chi connectivity index (χ1n) is 7.03. The molecule has 0 heterocycles. The minimum atomic E-state index is -4.07. The minimum Gasteiger partial charge on any atom is -0.465 e. The molecule has 0 saturated carbocycles. The summed E-state index contributed by atoms with van der Waals surface area (Å²) in [6, 6.07) is 11.6. The van der Waals surface area contributed by atoms with Crippen molar-refractivity contribution >= 4 is 33.3 Å². The first kappa shape index (κ1) is 18.3. The number of methoxy groups -OCH3 is 1. The summed E-state index contributed by atoms with van der Waals surface area (Å²) in [6.07, 6.45) is 0. The van der Waals surface area contributed by atoms with Gasteiger partial charge in [0.05, 0.1) is 17.6 Å². The standard InChI is InChI=1S/C16H17ClN2O4S/c1-23-16(20)12-9-13(19-8-7-17)15(11-5-3-2-4-6-11)14(10-12)24(18,21)22/h2-6,9-10,19H,7-8H2,1H3,(H2,18,21,22). The van der Waals surface area contributed by atoms with Gasteiger partial charge in [-0.05, 0) is 17.7 Å². The normalized spacial score (nSPS) is 11.1. The Bertz CT molecular complexity index is 839. The van der Waals surface area contributed by atoms with Gasteiger partial charge in [-0.2, -0.15) is 0 Å². The van der Waals surface area contributed by atoms with Gasteiger partial charge in [-0.25, -0.2) is 18.4 Å². The number of hydrogen-bond donors (Lipinski definition) is 2. The molecule has 0 spiro atoms. The molecular formula is C16H17ClN2O4S. The smallest absolute Gasteiger partial charge is 0.337 e. The minimum absolute atomic E-state index is 0.0817. The Labute approximate surface area is 145 Å². The van der Waals surface area contributed by atoms with Gasteiger partial charge in [0.25, 0.3) is 0 Å². The highest BCUT2D eigenvalue weighted by Gasteiger charge is 2.22. The van der Waals surface area contributed by atoms with Crippen LogP contribution in [0.3, 0.4) is 0 Å². The predicted molar refractivity (Wildman–Crippen MR) is 93.8 cm³/mol. The number of carbonyl (C=O) groups is 1. The van der Waals surface area contributed by atoms with Gasteiger partial charge in [0.15, 0.2) is 0 Å². The molecule has 24 heavy (non-hydrogen) atoms. The van der Waals surface area contributed by atoms with Gasteiger partial charge >= 0.3 is 5.97 Å². The zero-order valence-electron chi connectivity index (χ0n) is 13.0. The molecule has 0 amide bonds. The monoisotopic (exact) mass is 368 g/mol. The van der Waals surface area contributed by atoms with Crippen molar-refractivity contribution in [1.29, 1.82) is 0 Å². The van der Waals surface area contributed by atoms with Crippen LogP contribution in [0.1, 0.15) is 10.4 Å². The second kappa shape index (κ2) is 7.65. The van der Waals surface area contributed by atoms with E-state index < -0.39 is 16.0 Å². The van der Waals surface area contributed by atoms with Crippen molar-refractivity contribution in [1.82, 2.24) is 0 Å². The van der Waals surface area contributed by atoms with Crippen LogP contribution in [0, 0.1) is 0 Å². The molecule has 0 aliphatic carbocycles. The second-order valence-corrected chi connectivity index (χ2v) is 6.82. The van der Waals surface area contributed by atoms with E-state index in [0.29, 0.717) is 29.2 Å². The maximum atomic E-state index is 12.1. The van der Waals surface area contributed by atoms with Crippen molar-refractivity contribution < 1.29 is 17.9 Å². The molecule has 0 radical (unpaired) electrons. The first-order valence-corrected chi connectivity index (χ1v) is 9.11. The average Bonchev–Trinajstić information content (AvgIpc) is 2.58. The van der Waals surface area contributed by atoms with E-state index in [1.807, 2.05) is 6.07 Å². The fourth-order valence-corrected chi connectivity index (χ4v) is 3.20. The van der Waals surface area contributed by atoms with Crippen LogP contribution in [-0.4, -0.2) is 33.9 Å². The van der Waals surface area contributed by atoms with Gasteiger partial charge in [0, 0.05) is 23.7 Å². The number of carbonyl (C=O) groups excluding carboxylic acids is 1. The predicted octanol–water partition coefficient (Wildman–Crippen LogP) is 2.44. The number of benzene rings is 2. The fourth-order valence-electron chi connectivity index (χ4n) is 2.30. The van der Waals surface area contributed by atoms with E-state index in [1.165, 1.54) is 19.2 Å². The SMILES string of the molecule is COC(=O)c1cc(NCCCl)c(-c2ccccc2)c(S(N)(=O)=O)c1. The van der Waals surface area contributed by atoms with E-state index in [2.05, 4.69) is 10.1 Å². The molecule has 0 atom stereocenters. The maximum Gasteiger partial charge on any atom is 0.337 e. The van der Waals surface area contributed by atoms with Crippen LogP contribution in [0.15, 0.2) is 47.4 Å². The first-order chi connectivity index (χ1) is 11.4. The van der Waals surface area contributed by atoms with Crippen LogP contribution >= 0.6 is 11.6 Å². The third-order valence-corrected chi connectivity index (χ3v) is 4.43. The Kier molecular flexibility index (Phi) is 5.82. The topological polar surface area (TPSA) is 98.5 Å². The molecule has 2 aromatic rings. The highest BCUT2D eigenvalue weighted by molar-refractivity contribution is 7.89. The third kappa shape index (κ3) is 4.05. The average molecular weight is 369 g/mol. The lowest BCUT2D eigenvalue weighted by molar-refractivity contribution is 0.0600. The molecule has 0 saturated heterocycles. The number of rotatable bonds is 6. The summed E-state index contributed by atoms with van der Waals surface area (Å²) in [7, 11) is -2.86. The van der Waals surface area contributed by atoms with Crippen LogP contribution in [0.25, 0.3) is 11.1 Å². The molecule has 0 unspecified atom stereocenters. The molecule has 2 aromatic carbocycles. The number of nitrogens with two attached hydrogens (primary N) is 1. The van der Waals surface area contributed by atoms with Gasteiger partial charge in [0.2, 0.25) is 10.0 Å². The number of anilines is 1. The van der Waals surface area contributed by atoms with Crippen molar-refractivity contribution in [3.8, 4) is 11.1 Å². The highest BCUT2D eigenvalue weighted by Crippen LogP contribution is 2.35. The number of alkyl halides is 1. The number of hydrogen-bond acceptors (Lipinski definition) is 5. The van der Waals surface area contributed by atoms with Gasteiger partial charge in [-0.3, -0.25) is 0 Å². The molecule has 0 aliphatic rings. The summed E-state index contributed by atoms with van der Waals surface area (Å²) in [5.74, 6) is -0.352. The molecule has 2 rings (SSSR count). The molecular weight excluding hydrogens is 352 g/mol. The van der Waals surface area contributed by atoms with E-state index in [4.69, 9.17) is 16.7 Å². The van der Waals surface area contributed by atoms with E-state index in [1.54, 1.807) is 24.3 Å². The van der Waals surface area contributed by atoms with E-state index >= 15 is 0 Å². The number of primary sulfonamides is 1. The summed E-state index contributed by atoms with van der Waals surface area (Å²) in [4.78, 5) is 11.7. The van der Waals surface area contributed by atoms with Crippen LogP contribution in [0.5, 0.6) is 0 Å². The van der Waals surface area contributed by atoms with Crippen LogP contribution in [-0.2, 0) is 14.8 Å². The lowest BCUT2D eigenvalue weighted by atomic mass is 10.0. The fraction of sp³-hybridized carbons (Fsp3) is 0.188. The lowest BCUT2D eigenvalue weighted by Crippen LogP contribution is -2.17. The second-order valence-electron chi connectivity index (χ2n) is 4.92. The molecule has 0 aliphatic heterocycles. The van der Waals surface area contributed by atoms with Crippen LogP contribution in [0.4, 0.5) is 5.69 Å². The number of esters is 1. The summed E-state index contributed by atoms with van der Waals surface area (Å²) >= 11 is 5.71. The quantitative estimate of drug-likeness (QED) is 0.602. The number of ether oxygens (including phenoxy) is 1. The van der Waals surface area contributed by atoms with E-state index in [-0.39, 0.29) is 10.5 Å². The van der Waals surface area contributed by atoms with Crippen molar-refractivity contribution in [2.75, 3.05) is 24.9 Å². The zero-order chi connectivity index (χ0) is 17.7. The molecule has 6 nitrogen and oxygen atoms in total. The molecule has 0 bridgehead atoms. The van der Waals surface area contributed by atoms with Gasteiger partial charge < -0.3 is 10.1 Å². The van der Waals surface area contributed by atoms with Crippen LogP contribution < -0.4 is 10.5 Å². The Morgan fingerprint density at radius 3 is 2.46 bits per heavy atom. The Balaban J connectivity index is 2.80. The Morgan fingerprint density at radius 1 is 1.25 bits per heavy atom. The largest absolute Gasteiger partial charge is 0.465 e.